The molecule has 112 valence electrons. The molecular formula is C16H17N5O. The van der Waals surface area contributed by atoms with Crippen LogP contribution in [-0.4, -0.2) is 25.0 Å². The van der Waals surface area contributed by atoms with E-state index in [9.17, 15) is 4.79 Å². The highest BCUT2D eigenvalue weighted by Gasteiger charge is 2.10. The normalized spacial score (nSPS) is 10.7. The van der Waals surface area contributed by atoms with E-state index >= 15 is 0 Å². The van der Waals surface area contributed by atoms with E-state index in [1.54, 1.807) is 30.5 Å². The molecule has 1 N–H and O–H groups in total. The lowest BCUT2D eigenvalue weighted by Crippen LogP contribution is -2.15. The summed E-state index contributed by atoms with van der Waals surface area (Å²) in [6.07, 6.45) is 4.94. The van der Waals surface area contributed by atoms with Crippen LogP contribution in [0.2, 0.25) is 0 Å². The summed E-state index contributed by atoms with van der Waals surface area (Å²) in [5.41, 5.74) is 4.38. The largest absolute Gasteiger partial charge is 0.330 e. The molecule has 0 spiro atoms. The molecule has 2 heterocycles. The first-order chi connectivity index (χ1) is 10.6. The number of nitrogens with zero attached hydrogens (tertiary/aromatic N) is 4. The van der Waals surface area contributed by atoms with Crippen LogP contribution in [0.1, 0.15) is 21.9 Å². The van der Waals surface area contributed by atoms with E-state index < -0.39 is 0 Å². The van der Waals surface area contributed by atoms with Gasteiger partial charge < -0.3 is 14.5 Å². The number of rotatable bonds is 3. The Morgan fingerprint density at radius 3 is 2.41 bits per heavy atom. The summed E-state index contributed by atoms with van der Waals surface area (Å²) in [4.78, 5) is 20.4. The van der Waals surface area contributed by atoms with Crippen molar-refractivity contribution in [2.45, 2.75) is 13.8 Å². The molecule has 0 atom stereocenters. The van der Waals surface area contributed by atoms with E-state index in [4.69, 9.17) is 0 Å². The minimum absolute atomic E-state index is 0.178. The lowest BCUT2D eigenvalue weighted by Gasteiger charge is -2.08. The number of imidazole rings is 2. The summed E-state index contributed by atoms with van der Waals surface area (Å²) in [7, 11) is 1.79. The van der Waals surface area contributed by atoms with E-state index in [-0.39, 0.29) is 5.91 Å². The molecule has 0 aliphatic carbocycles. The van der Waals surface area contributed by atoms with Gasteiger partial charge in [-0.1, -0.05) is 0 Å². The summed E-state index contributed by atoms with van der Waals surface area (Å²) in [6.45, 7) is 4.01. The van der Waals surface area contributed by atoms with Crippen molar-refractivity contribution in [2.24, 2.45) is 7.05 Å². The first-order valence-electron chi connectivity index (χ1n) is 6.95. The summed E-state index contributed by atoms with van der Waals surface area (Å²) >= 11 is 0. The zero-order valence-electron chi connectivity index (χ0n) is 12.7. The number of aromatic nitrogens is 4. The second-order valence-corrected chi connectivity index (χ2v) is 5.18. The zero-order chi connectivity index (χ0) is 15.7. The third-order valence-electron chi connectivity index (χ3n) is 3.70. The number of nitrogens with one attached hydrogen (secondary N) is 1. The number of hydrogen-bond donors (Lipinski definition) is 1. The Bertz CT molecular complexity index is 813. The van der Waals surface area contributed by atoms with E-state index in [0.717, 1.165) is 22.8 Å². The van der Waals surface area contributed by atoms with Crippen molar-refractivity contribution >= 4 is 11.6 Å². The van der Waals surface area contributed by atoms with Gasteiger partial charge in [0.2, 0.25) is 0 Å². The fourth-order valence-electron chi connectivity index (χ4n) is 2.24. The molecule has 0 aliphatic heterocycles. The number of amides is 1. The summed E-state index contributed by atoms with van der Waals surface area (Å²) < 4.78 is 3.70. The summed E-state index contributed by atoms with van der Waals surface area (Å²) in [6, 6.07) is 7.65. The predicted octanol–water partition coefficient (Wildman–Crippen LogP) is 2.47. The first-order valence-corrected chi connectivity index (χ1v) is 6.95. The van der Waals surface area contributed by atoms with Crippen molar-refractivity contribution in [1.29, 1.82) is 0 Å². The van der Waals surface area contributed by atoms with Crippen LogP contribution in [-0.2, 0) is 7.05 Å². The number of aryl methyl sites for hydroxylation is 2. The topological polar surface area (TPSA) is 64.7 Å². The molecule has 6 nitrogen and oxygen atoms in total. The first kappa shape index (κ1) is 14.1. The van der Waals surface area contributed by atoms with Crippen LogP contribution in [0, 0.1) is 13.8 Å². The van der Waals surface area contributed by atoms with Gasteiger partial charge in [-0.15, -0.1) is 0 Å². The smallest absolute Gasteiger partial charge is 0.273 e. The maximum atomic E-state index is 12.1. The van der Waals surface area contributed by atoms with Gasteiger partial charge in [0.05, 0.1) is 24.5 Å². The molecule has 0 saturated heterocycles. The minimum atomic E-state index is -0.178. The molecule has 0 bridgehead atoms. The van der Waals surface area contributed by atoms with Gasteiger partial charge in [0, 0.05) is 24.1 Å². The summed E-state index contributed by atoms with van der Waals surface area (Å²) in [5, 5.41) is 2.86. The van der Waals surface area contributed by atoms with Crippen LogP contribution in [0.15, 0.2) is 43.1 Å². The Labute approximate surface area is 128 Å². The number of carbonyl (C=O) groups excluding carboxylic acids is 1. The Morgan fingerprint density at radius 1 is 1.14 bits per heavy atom. The molecule has 1 amide bonds. The monoisotopic (exact) mass is 295 g/mol. The molecule has 3 aromatic rings. The summed E-state index contributed by atoms with van der Waals surface area (Å²) in [5.74, 6) is -0.178. The van der Waals surface area contributed by atoms with Gasteiger partial charge in [0.25, 0.3) is 5.91 Å². The lowest BCUT2D eigenvalue weighted by molar-refractivity contribution is 0.101. The second kappa shape index (κ2) is 5.48. The van der Waals surface area contributed by atoms with Gasteiger partial charge in [0.1, 0.15) is 5.69 Å². The van der Waals surface area contributed by atoms with Gasteiger partial charge in [-0.3, -0.25) is 4.79 Å². The fraction of sp³-hybridized carbons (Fsp3) is 0.188. The Kier molecular flexibility index (Phi) is 3.50. The molecule has 2 aromatic heterocycles. The number of anilines is 1. The predicted molar refractivity (Wildman–Crippen MR) is 84.2 cm³/mol. The Balaban J connectivity index is 1.79. The Morgan fingerprint density at radius 2 is 1.86 bits per heavy atom. The molecule has 1 aromatic carbocycles. The Hall–Kier alpha value is -2.89. The van der Waals surface area contributed by atoms with Crippen LogP contribution in [0.4, 0.5) is 5.69 Å². The molecule has 6 heteroatoms. The van der Waals surface area contributed by atoms with Gasteiger partial charge in [-0.2, -0.15) is 0 Å². The third-order valence-corrected chi connectivity index (χ3v) is 3.70. The van der Waals surface area contributed by atoms with Crippen molar-refractivity contribution in [1.82, 2.24) is 19.1 Å². The van der Waals surface area contributed by atoms with Crippen molar-refractivity contribution in [3.63, 3.8) is 0 Å². The van der Waals surface area contributed by atoms with Crippen LogP contribution in [0.25, 0.3) is 5.69 Å². The van der Waals surface area contributed by atoms with E-state index in [1.165, 1.54) is 0 Å². The van der Waals surface area contributed by atoms with Crippen molar-refractivity contribution in [3.8, 4) is 5.69 Å². The van der Waals surface area contributed by atoms with Crippen molar-refractivity contribution in [3.05, 3.63) is 60.2 Å². The second-order valence-electron chi connectivity index (χ2n) is 5.18. The number of benzene rings is 1. The van der Waals surface area contributed by atoms with E-state index in [1.807, 2.05) is 42.7 Å². The standard InChI is InChI=1S/C16H17N5O/c1-11-12(2)21(10-18-11)14-6-4-13(5-7-14)19-16(22)15-8-17-9-20(15)3/h4-10H,1-3H3,(H,19,22). The number of carbonyl (C=O) groups is 1. The SMILES string of the molecule is Cc1ncn(-c2ccc(NC(=O)c3cncn3C)cc2)c1C. The van der Waals surface area contributed by atoms with Crippen LogP contribution >= 0.6 is 0 Å². The molecule has 0 unspecified atom stereocenters. The van der Waals surface area contributed by atoms with Gasteiger partial charge in [-0.25, -0.2) is 9.97 Å². The number of hydrogen-bond acceptors (Lipinski definition) is 3. The van der Waals surface area contributed by atoms with Crippen LogP contribution in [0.3, 0.4) is 0 Å². The quantitative estimate of drug-likeness (QED) is 0.807. The molecule has 3 rings (SSSR count). The van der Waals surface area contributed by atoms with Crippen LogP contribution < -0.4 is 5.32 Å². The fourth-order valence-corrected chi connectivity index (χ4v) is 2.24. The highest BCUT2D eigenvalue weighted by molar-refractivity contribution is 6.02. The molecular weight excluding hydrogens is 278 g/mol. The highest BCUT2D eigenvalue weighted by Crippen LogP contribution is 2.17. The van der Waals surface area contributed by atoms with Gasteiger partial charge >= 0.3 is 0 Å². The van der Waals surface area contributed by atoms with E-state index in [0.29, 0.717) is 5.69 Å². The van der Waals surface area contributed by atoms with Crippen molar-refractivity contribution < 1.29 is 4.79 Å². The molecule has 22 heavy (non-hydrogen) atoms. The van der Waals surface area contributed by atoms with Gasteiger partial charge in [0.15, 0.2) is 0 Å². The average molecular weight is 295 g/mol. The average Bonchev–Trinajstić information content (AvgIpc) is 3.07. The zero-order valence-corrected chi connectivity index (χ0v) is 12.7. The molecule has 0 aliphatic rings. The molecule has 0 saturated carbocycles. The maximum absolute atomic E-state index is 12.1. The third kappa shape index (κ3) is 2.50. The van der Waals surface area contributed by atoms with Crippen molar-refractivity contribution in [2.75, 3.05) is 5.32 Å². The highest BCUT2D eigenvalue weighted by atomic mass is 16.1. The van der Waals surface area contributed by atoms with Gasteiger partial charge in [-0.05, 0) is 38.1 Å². The minimum Gasteiger partial charge on any atom is -0.330 e. The molecule has 0 fully saturated rings. The molecule has 0 radical (unpaired) electrons. The van der Waals surface area contributed by atoms with E-state index in [2.05, 4.69) is 15.3 Å². The lowest BCUT2D eigenvalue weighted by atomic mass is 10.2. The van der Waals surface area contributed by atoms with Crippen LogP contribution in [0.5, 0.6) is 0 Å². The maximum Gasteiger partial charge on any atom is 0.273 e.